The van der Waals surface area contributed by atoms with Crippen LogP contribution in [0.5, 0.6) is 5.75 Å². The van der Waals surface area contributed by atoms with Crippen LogP contribution in [0.25, 0.3) is 0 Å². The van der Waals surface area contributed by atoms with Crippen LogP contribution < -0.4 is 10.5 Å². The van der Waals surface area contributed by atoms with Crippen LogP contribution in [-0.2, 0) is 11.2 Å². The molecule has 0 heterocycles. The molecular formula is C11H17NO2. The summed E-state index contributed by atoms with van der Waals surface area (Å²) in [4.78, 5) is 0. The number of ether oxygens (including phenoxy) is 2. The van der Waals surface area contributed by atoms with Crippen LogP contribution in [0.3, 0.4) is 0 Å². The lowest BCUT2D eigenvalue weighted by Gasteiger charge is -2.04. The normalized spacial score (nSPS) is 10.1. The van der Waals surface area contributed by atoms with E-state index in [4.69, 9.17) is 15.2 Å². The van der Waals surface area contributed by atoms with Crippen LogP contribution in [0.1, 0.15) is 5.56 Å². The summed E-state index contributed by atoms with van der Waals surface area (Å²) < 4.78 is 10.4. The van der Waals surface area contributed by atoms with Gasteiger partial charge in [-0.15, -0.1) is 0 Å². The predicted molar refractivity (Wildman–Crippen MR) is 56.6 cm³/mol. The minimum Gasteiger partial charge on any atom is -0.497 e. The molecule has 1 aromatic rings. The summed E-state index contributed by atoms with van der Waals surface area (Å²) in [5, 5.41) is 0. The van der Waals surface area contributed by atoms with Crippen molar-refractivity contribution < 1.29 is 9.47 Å². The zero-order valence-electron chi connectivity index (χ0n) is 8.53. The van der Waals surface area contributed by atoms with E-state index in [2.05, 4.69) is 0 Å². The van der Waals surface area contributed by atoms with Gasteiger partial charge in [0.15, 0.2) is 0 Å². The first-order valence-corrected chi connectivity index (χ1v) is 4.77. The molecule has 0 fully saturated rings. The van der Waals surface area contributed by atoms with E-state index in [9.17, 15) is 0 Å². The predicted octanol–water partition coefficient (Wildman–Crippen LogP) is 1.21. The largest absolute Gasteiger partial charge is 0.497 e. The average molecular weight is 195 g/mol. The molecule has 0 saturated carbocycles. The Kier molecular flexibility index (Phi) is 5.04. The van der Waals surface area contributed by atoms with Gasteiger partial charge in [-0.25, -0.2) is 0 Å². The first-order valence-electron chi connectivity index (χ1n) is 4.77. The maximum atomic E-state index is 5.30. The number of hydrogen-bond donors (Lipinski definition) is 1. The first-order chi connectivity index (χ1) is 6.86. The molecule has 0 unspecified atom stereocenters. The number of hydrogen-bond acceptors (Lipinski definition) is 3. The smallest absolute Gasteiger partial charge is 0.118 e. The average Bonchev–Trinajstić information content (AvgIpc) is 2.25. The molecular weight excluding hydrogens is 178 g/mol. The minimum absolute atomic E-state index is 0.586. The van der Waals surface area contributed by atoms with Crippen LogP contribution >= 0.6 is 0 Å². The Bertz CT molecular complexity index is 246. The van der Waals surface area contributed by atoms with Crippen molar-refractivity contribution in [3.8, 4) is 5.75 Å². The summed E-state index contributed by atoms with van der Waals surface area (Å²) in [5.41, 5.74) is 6.56. The van der Waals surface area contributed by atoms with Gasteiger partial charge in [0.25, 0.3) is 0 Å². The molecule has 2 N–H and O–H groups in total. The molecule has 1 aromatic carbocycles. The lowest BCUT2D eigenvalue weighted by molar-refractivity contribution is 0.144. The molecule has 1 rings (SSSR count). The maximum absolute atomic E-state index is 5.30. The van der Waals surface area contributed by atoms with Gasteiger partial charge in [-0.05, 0) is 24.1 Å². The van der Waals surface area contributed by atoms with Crippen molar-refractivity contribution in [2.75, 3.05) is 26.9 Å². The number of rotatable bonds is 6. The SMILES string of the molecule is COc1ccc(CCOCCN)cc1. The number of nitrogens with two attached hydrogens (primary N) is 1. The fraction of sp³-hybridized carbons (Fsp3) is 0.455. The standard InChI is InChI=1S/C11H17NO2/c1-13-11-4-2-10(3-5-11)6-8-14-9-7-12/h2-5H,6-9,12H2,1H3. The van der Waals surface area contributed by atoms with Crippen molar-refractivity contribution in [3.05, 3.63) is 29.8 Å². The Morgan fingerprint density at radius 1 is 1.14 bits per heavy atom. The molecule has 14 heavy (non-hydrogen) atoms. The van der Waals surface area contributed by atoms with Crippen molar-refractivity contribution in [1.82, 2.24) is 0 Å². The Labute approximate surface area is 84.8 Å². The van der Waals surface area contributed by atoms with Gasteiger partial charge in [-0.3, -0.25) is 0 Å². The third kappa shape index (κ3) is 3.77. The van der Waals surface area contributed by atoms with Crippen molar-refractivity contribution in [2.45, 2.75) is 6.42 Å². The molecule has 3 heteroatoms. The Balaban J connectivity index is 2.29. The summed E-state index contributed by atoms with van der Waals surface area (Å²) in [6.45, 7) is 1.95. The van der Waals surface area contributed by atoms with Crippen molar-refractivity contribution in [1.29, 1.82) is 0 Å². The van der Waals surface area contributed by atoms with Gasteiger partial charge in [0.2, 0.25) is 0 Å². The molecule has 0 aliphatic rings. The maximum Gasteiger partial charge on any atom is 0.118 e. The van der Waals surface area contributed by atoms with Gasteiger partial charge in [-0.2, -0.15) is 0 Å². The van der Waals surface area contributed by atoms with E-state index in [0.29, 0.717) is 13.2 Å². The zero-order valence-corrected chi connectivity index (χ0v) is 8.53. The third-order valence-electron chi connectivity index (χ3n) is 1.96. The van der Waals surface area contributed by atoms with E-state index in [1.54, 1.807) is 7.11 Å². The second-order valence-corrected chi connectivity index (χ2v) is 3.00. The highest BCUT2D eigenvalue weighted by atomic mass is 16.5. The quantitative estimate of drug-likeness (QED) is 0.694. The van der Waals surface area contributed by atoms with Gasteiger partial charge in [-0.1, -0.05) is 12.1 Å². The van der Waals surface area contributed by atoms with Crippen molar-refractivity contribution in [3.63, 3.8) is 0 Å². The van der Waals surface area contributed by atoms with Gasteiger partial charge < -0.3 is 15.2 Å². The van der Waals surface area contributed by atoms with Gasteiger partial charge >= 0.3 is 0 Å². The first kappa shape index (κ1) is 11.0. The van der Waals surface area contributed by atoms with Crippen LogP contribution in [0.4, 0.5) is 0 Å². The summed E-state index contributed by atoms with van der Waals surface area (Å²) in [6, 6.07) is 8.01. The summed E-state index contributed by atoms with van der Waals surface area (Å²) in [5.74, 6) is 0.886. The number of methoxy groups -OCH3 is 1. The van der Waals surface area contributed by atoms with E-state index < -0.39 is 0 Å². The number of benzene rings is 1. The van der Waals surface area contributed by atoms with Gasteiger partial charge in [0, 0.05) is 6.54 Å². The van der Waals surface area contributed by atoms with Crippen LogP contribution in [0.2, 0.25) is 0 Å². The molecule has 0 saturated heterocycles. The monoisotopic (exact) mass is 195 g/mol. The van der Waals surface area contributed by atoms with E-state index in [1.807, 2.05) is 24.3 Å². The molecule has 0 aromatic heterocycles. The second-order valence-electron chi connectivity index (χ2n) is 3.00. The fourth-order valence-electron chi connectivity index (χ4n) is 1.17. The van der Waals surface area contributed by atoms with Crippen molar-refractivity contribution >= 4 is 0 Å². The molecule has 0 atom stereocenters. The van der Waals surface area contributed by atoms with Crippen LogP contribution in [-0.4, -0.2) is 26.9 Å². The molecule has 0 aliphatic heterocycles. The zero-order chi connectivity index (χ0) is 10.2. The molecule has 78 valence electrons. The molecule has 3 nitrogen and oxygen atoms in total. The third-order valence-corrected chi connectivity index (χ3v) is 1.96. The summed E-state index contributed by atoms with van der Waals surface area (Å²) >= 11 is 0. The topological polar surface area (TPSA) is 44.5 Å². The Hall–Kier alpha value is -1.06. The Morgan fingerprint density at radius 2 is 1.86 bits per heavy atom. The second kappa shape index (κ2) is 6.40. The highest BCUT2D eigenvalue weighted by Gasteiger charge is 1.94. The minimum atomic E-state index is 0.586. The summed E-state index contributed by atoms with van der Waals surface area (Å²) in [6.07, 6.45) is 0.921. The van der Waals surface area contributed by atoms with E-state index in [1.165, 1.54) is 5.56 Å². The molecule has 0 bridgehead atoms. The Morgan fingerprint density at radius 3 is 2.43 bits per heavy atom. The van der Waals surface area contributed by atoms with Gasteiger partial charge in [0.05, 0.1) is 20.3 Å². The fourth-order valence-corrected chi connectivity index (χ4v) is 1.17. The van der Waals surface area contributed by atoms with Crippen LogP contribution in [0.15, 0.2) is 24.3 Å². The van der Waals surface area contributed by atoms with Crippen LogP contribution in [0, 0.1) is 0 Å². The lowest BCUT2D eigenvalue weighted by atomic mass is 10.1. The molecule has 0 aliphatic carbocycles. The summed E-state index contributed by atoms with van der Waals surface area (Å²) in [7, 11) is 1.67. The van der Waals surface area contributed by atoms with E-state index in [0.717, 1.165) is 18.8 Å². The van der Waals surface area contributed by atoms with E-state index >= 15 is 0 Å². The van der Waals surface area contributed by atoms with Crippen molar-refractivity contribution in [2.24, 2.45) is 5.73 Å². The highest BCUT2D eigenvalue weighted by Crippen LogP contribution is 2.11. The van der Waals surface area contributed by atoms with E-state index in [-0.39, 0.29) is 0 Å². The molecule has 0 spiro atoms. The molecule has 0 amide bonds. The van der Waals surface area contributed by atoms with Gasteiger partial charge in [0.1, 0.15) is 5.75 Å². The molecule has 0 radical (unpaired) electrons. The highest BCUT2D eigenvalue weighted by molar-refractivity contribution is 5.27. The lowest BCUT2D eigenvalue weighted by Crippen LogP contribution is -2.10.